The maximum absolute atomic E-state index is 5.19. The summed E-state index contributed by atoms with van der Waals surface area (Å²) >= 11 is 0. The van der Waals surface area contributed by atoms with Crippen molar-refractivity contribution in [2.75, 3.05) is 6.61 Å². The van der Waals surface area contributed by atoms with Crippen LogP contribution in [0.1, 0.15) is 41.0 Å². The molecule has 0 aliphatic carbocycles. The van der Waals surface area contributed by atoms with Crippen LogP contribution in [0.4, 0.5) is 0 Å². The Bertz CT molecular complexity index is 33.5. The van der Waals surface area contributed by atoms with Gasteiger partial charge in [0.2, 0.25) is 0 Å². The third-order valence-corrected chi connectivity index (χ3v) is 0.655. The van der Waals surface area contributed by atoms with E-state index >= 15 is 0 Å². The van der Waals surface area contributed by atoms with Crippen molar-refractivity contribution in [3.05, 3.63) is 0 Å². The van der Waals surface area contributed by atoms with Crippen molar-refractivity contribution in [2.24, 2.45) is 0 Å². The van der Waals surface area contributed by atoms with Crippen molar-refractivity contribution in [1.29, 1.82) is 0 Å². The molecule has 0 radical (unpaired) electrons. The summed E-state index contributed by atoms with van der Waals surface area (Å²) in [4.78, 5) is 0. The zero-order chi connectivity index (χ0) is 7.70. The lowest BCUT2D eigenvalue weighted by atomic mass is 10.4. The first-order valence-corrected chi connectivity index (χ1v) is 3.89. The quantitative estimate of drug-likeness (QED) is 0.573. The number of ether oxygens (including phenoxy) is 1. The fourth-order valence-corrected chi connectivity index (χ4v) is 0.354. The third-order valence-electron chi connectivity index (χ3n) is 0.655. The molecule has 0 saturated heterocycles. The van der Waals surface area contributed by atoms with Gasteiger partial charge in [0.15, 0.2) is 0 Å². The molecule has 0 fully saturated rings. The van der Waals surface area contributed by atoms with Gasteiger partial charge in [0.1, 0.15) is 0 Å². The van der Waals surface area contributed by atoms with E-state index in [9.17, 15) is 0 Å². The first kappa shape index (κ1) is 11.7. The van der Waals surface area contributed by atoms with Gasteiger partial charge in [-0.2, -0.15) is 0 Å². The normalized spacial score (nSPS) is 8.67. The van der Waals surface area contributed by atoms with Gasteiger partial charge in [0.25, 0.3) is 0 Å². The van der Waals surface area contributed by atoms with E-state index in [1.54, 1.807) is 0 Å². The highest BCUT2D eigenvalue weighted by molar-refractivity contribution is 4.33. The fourth-order valence-electron chi connectivity index (χ4n) is 0.354. The number of hydrogen-bond donors (Lipinski definition) is 0. The van der Waals surface area contributed by atoms with E-state index in [0.717, 1.165) is 13.0 Å². The summed E-state index contributed by atoms with van der Waals surface area (Å²) in [5.41, 5.74) is 0. The van der Waals surface area contributed by atoms with Gasteiger partial charge in [0.05, 0.1) is 6.10 Å². The molecule has 0 heterocycles. The Balaban J connectivity index is 0. The van der Waals surface area contributed by atoms with Crippen LogP contribution < -0.4 is 0 Å². The molecule has 0 spiro atoms. The maximum atomic E-state index is 5.19. The monoisotopic (exact) mass is 132 g/mol. The van der Waals surface area contributed by atoms with Crippen LogP contribution in [0.2, 0.25) is 0 Å². The highest BCUT2D eigenvalue weighted by Gasteiger charge is 1.86. The van der Waals surface area contributed by atoms with Crippen LogP contribution in [-0.4, -0.2) is 12.7 Å². The van der Waals surface area contributed by atoms with Crippen molar-refractivity contribution in [2.45, 2.75) is 47.1 Å². The van der Waals surface area contributed by atoms with Gasteiger partial charge in [0, 0.05) is 6.61 Å². The Labute approximate surface area is 59.4 Å². The lowest BCUT2D eigenvalue weighted by Crippen LogP contribution is -2.01. The Morgan fingerprint density at radius 1 is 1.22 bits per heavy atom. The number of hydrogen-bond acceptors (Lipinski definition) is 1. The van der Waals surface area contributed by atoms with Crippen LogP contribution in [0, 0.1) is 0 Å². The molecule has 0 aliphatic heterocycles. The van der Waals surface area contributed by atoms with Crippen LogP contribution in [0.15, 0.2) is 0 Å². The minimum absolute atomic E-state index is 0.403. The molecular formula is C8H20O. The van der Waals surface area contributed by atoms with Crippen molar-refractivity contribution in [3.63, 3.8) is 0 Å². The molecule has 0 aliphatic rings. The first-order valence-electron chi connectivity index (χ1n) is 3.89. The van der Waals surface area contributed by atoms with E-state index in [0.29, 0.717) is 6.10 Å². The predicted octanol–water partition coefficient (Wildman–Crippen LogP) is 2.85. The second kappa shape index (κ2) is 10.9. The van der Waals surface area contributed by atoms with Crippen molar-refractivity contribution >= 4 is 0 Å². The zero-order valence-corrected chi connectivity index (χ0v) is 7.40. The summed E-state index contributed by atoms with van der Waals surface area (Å²) in [6.07, 6.45) is 1.53. The van der Waals surface area contributed by atoms with Crippen LogP contribution in [0.5, 0.6) is 0 Å². The van der Waals surface area contributed by atoms with E-state index in [1.165, 1.54) is 0 Å². The number of rotatable bonds is 3. The molecule has 0 saturated carbocycles. The van der Waals surface area contributed by atoms with Crippen molar-refractivity contribution in [1.82, 2.24) is 0 Å². The van der Waals surface area contributed by atoms with Crippen molar-refractivity contribution in [3.8, 4) is 0 Å². The Morgan fingerprint density at radius 2 is 1.67 bits per heavy atom. The summed E-state index contributed by atoms with van der Waals surface area (Å²) in [6.45, 7) is 11.1. The van der Waals surface area contributed by atoms with E-state index < -0.39 is 0 Å². The Morgan fingerprint density at radius 3 is 1.78 bits per heavy atom. The molecule has 0 atom stereocenters. The zero-order valence-electron chi connectivity index (χ0n) is 7.40. The SMILES string of the molecule is CC.CCCOC(C)C. The summed E-state index contributed by atoms with van der Waals surface area (Å²) in [6, 6.07) is 0. The van der Waals surface area contributed by atoms with Crippen LogP contribution >= 0.6 is 0 Å². The van der Waals surface area contributed by atoms with Crippen molar-refractivity contribution < 1.29 is 4.74 Å². The van der Waals surface area contributed by atoms with Crippen LogP contribution in [-0.2, 0) is 4.74 Å². The van der Waals surface area contributed by atoms with Gasteiger partial charge < -0.3 is 4.74 Å². The molecule has 0 N–H and O–H groups in total. The highest BCUT2D eigenvalue weighted by Crippen LogP contribution is 1.87. The lowest BCUT2D eigenvalue weighted by molar-refractivity contribution is 0.0794. The molecule has 9 heavy (non-hydrogen) atoms. The van der Waals surface area contributed by atoms with Gasteiger partial charge in [-0.1, -0.05) is 20.8 Å². The average molecular weight is 132 g/mol. The van der Waals surface area contributed by atoms with Gasteiger partial charge in [-0.3, -0.25) is 0 Å². The van der Waals surface area contributed by atoms with Crippen LogP contribution in [0.25, 0.3) is 0 Å². The molecule has 0 amide bonds. The predicted molar refractivity (Wildman–Crippen MR) is 42.7 cm³/mol. The van der Waals surface area contributed by atoms with E-state index in [4.69, 9.17) is 4.74 Å². The van der Waals surface area contributed by atoms with Gasteiger partial charge in [-0.15, -0.1) is 0 Å². The molecule has 0 aromatic rings. The third kappa shape index (κ3) is 18.0. The molecule has 0 unspecified atom stereocenters. The van der Waals surface area contributed by atoms with Gasteiger partial charge in [-0.25, -0.2) is 0 Å². The van der Waals surface area contributed by atoms with E-state index in [1.807, 2.05) is 13.8 Å². The molecule has 1 nitrogen and oxygen atoms in total. The summed E-state index contributed by atoms with van der Waals surface area (Å²) in [5, 5.41) is 0. The minimum atomic E-state index is 0.403. The standard InChI is InChI=1S/C6H14O.C2H6/c1-4-5-7-6(2)3;1-2/h6H,4-5H2,1-3H3;1-2H3. The summed E-state index contributed by atoms with van der Waals surface area (Å²) < 4.78 is 5.19. The second-order valence-corrected chi connectivity index (χ2v) is 1.92. The lowest BCUT2D eigenvalue weighted by Gasteiger charge is -2.03. The Hall–Kier alpha value is -0.0400. The van der Waals surface area contributed by atoms with Gasteiger partial charge in [-0.05, 0) is 20.3 Å². The molecular weight excluding hydrogens is 112 g/mol. The maximum Gasteiger partial charge on any atom is 0.0518 e. The molecule has 58 valence electrons. The molecule has 0 rings (SSSR count). The molecule has 0 aromatic carbocycles. The topological polar surface area (TPSA) is 9.23 Å². The molecule has 0 aromatic heterocycles. The first-order chi connectivity index (χ1) is 4.27. The highest BCUT2D eigenvalue weighted by atomic mass is 16.5. The van der Waals surface area contributed by atoms with E-state index in [2.05, 4.69) is 20.8 Å². The summed E-state index contributed by atoms with van der Waals surface area (Å²) in [7, 11) is 0. The van der Waals surface area contributed by atoms with Crippen LogP contribution in [0.3, 0.4) is 0 Å². The smallest absolute Gasteiger partial charge is 0.0518 e. The summed E-state index contributed by atoms with van der Waals surface area (Å²) in [5.74, 6) is 0. The molecule has 1 heteroatoms. The largest absolute Gasteiger partial charge is 0.379 e. The minimum Gasteiger partial charge on any atom is -0.379 e. The average Bonchev–Trinajstić information content (AvgIpc) is 1.88. The van der Waals surface area contributed by atoms with E-state index in [-0.39, 0.29) is 0 Å². The fraction of sp³-hybridized carbons (Fsp3) is 1.00. The molecule has 0 bridgehead atoms. The second-order valence-electron chi connectivity index (χ2n) is 1.92. The Kier molecular flexibility index (Phi) is 14.1. The van der Waals surface area contributed by atoms with Gasteiger partial charge >= 0.3 is 0 Å².